The number of benzene rings is 2. The van der Waals surface area contributed by atoms with Crippen molar-refractivity contribution in [3.8, 4) is 0 Å². The van der Waals surface area contributed by atoms with Crippen molar-refractivity contribution >= 4 is 46.4 Å². The van der Waals surface area contributed by atoms with Gasteiger partial charge < -0.3 is 10.2 Å². The van der Waals surface area contributed by atoms with Gasteiger partial charge in [0.1, 0.15) is 0 Å². The summed E-state index contributed by atoms with van der Waals surface area (Å²) in [4.78, 5) is 26.5. The number of carbonyl (C=O) groups excluding carboxylic acids is 2. The molecule has 1 atom stereocenters. The third kappa shape index (κ3) is 3.80. The van der Waals surface area contributed by atoms with E-state index in [4.69, 9.17) is 23.2 Å². The summed E-state index contributed by atoms with van der Waals surface area (Å²) in [6.45, 7) is 2.44. The van der Waals surface area contributed by atoms with E-state index >= 15 is 0 Å². The molecule has 130 valence electrons. The zero-order valence-corrected chi connectivity index (χ0v) is 15.3. The van der Waals surface area contributed by atoms with E-state index in [1.54, 1.807) is 23.1 Å². The van der Waals surface area contributed by atoms with Crippen molar-refractivity contribution in [2.75, 3.05) is 16.8 Å². The molecule has 1 heterocycles. The molecule has 1 N–H and O–H groups in total. The van der Waals surface area contributed by atoms with Crippen LogP contribution in [-0.2, 0) is 16.0 Å². The Labute approximate surface area is 156 Å². The minimum atomic E-state index is -0.423. The molecule has 6 heteroatoms. The molecule has 0 radical (unpaired) electrons. The van der Waals surface area contributed by atoms with Gasteiger partial charge in [0, 0.05) is 18.7 Å². The third-order valence-corrected chi connectivity index (χ3v) is 5.18. The van der Waals surface area contributed by atoms with Crippen LogP contribution in [0.1, 0.15) is 18.9 Å². The number of hydrogen-bond donors (Lipinski definition) is 1. The molecule has 0 spiro atoms. The second-order valence-electron chi connectivity index (χ2n) is 6.02. The monoisotopic (exact) mass is 376 g/mol. The third-order valence-electron chi connectivity index (χ3n) is 4.36. The topological polar surface area (TPSA) is 49.4 Å². The van der Waals surface area contributed by atoms with Gasteiger partial charge in [-0.1, -0.05) is 48.3 Å². The Bertz CT molecular complexity index is 806. The Balaban J connectivity index is 1.71. The molecule has 1 aliphatic heterocycles. The number of carbonyl (C=O) groups is 2. The number of nitrogens with one attached hydrogen (secondary N) is 1. The zero-order valence-electron chi connectivity index (χ0n) is 13.8. The minimum Gasteiger partial charge on any atom is -0.324 e. The van der Waals surface area contributed by atoms with Crippen molar-refractivity contribution in [1.29, 1.82) is 0 Å². The molecule has 1 fully saturated rings. The summed E-state index contributed by atoms with van der Waals surface area (Å²) in [5, 5.41) is 3.44. The number of aryl methyl sites for hydroxylation is 1. The van der Waals surface area contributed by atoms with Crippen molar-refractivity contribution < 1.29 is 9.59 Å². The smallest absolute Gasteiger partial charge is 0.229 e. The van der Waals surface area contributed by atoms with Crippen LogP contribution in [0.5, 0.6) is 0 Å². The summed E-state index contributed by atoms with van der Waals surface area (Å²) in [7, 11) is 0. The number of halogens is 2. The average molecular weight is 377 g/mol. The Morgan fingerprint density at radius 3 is 2.60 bits per heavy atom. The predicted molar refractivity (Wildman–Crippen MR) is 101 cm³/mol. The van der Waals surface area contributed by atoms with Gasteiger partial charge in [0.25, 0.3) is 0 Å². The van der Waals surface area contributed by atoms with Crippen molar-refractivity contribution in [3.63, 3.8) is 0 Å². The second-order valence-corrected chi connectivity index (χ2v) is 6.80. The van der Waals surface area contributed by atoms with E-state index in [1.807, 2.05) is 24.3 Å². The molecule has 3 rings (SSSR count). The molecule has 2 aromatic carbocycles. The van der Waals surface area contributed by atoms with E-state index in [9.17, 15) is 9.59 Å². The van der Waals surface area contributed by atoms with Crippen LogP contribution in [0.25, 0.3) is 0 Å². The van der Waals surface area contributed by atoms with Gasteiger partial charge in [0.05, 0.1) is 21.7 Å². The van der Waals surface area contributed by atoms with Crippen LogP contribution in [0.3, 0.4) is 0 Å². The van der Waals surface area contributed by atoms with Crippen LogP contribution in [-0.4, -0.2) is 18.4 Å². The maximum absolute atomic E-state index is 12.5. The van der Waals surface area contributed by atoms with Gasteiger partial charge in [-0.25, -0.2) is 0 Å². The highest BCUT2D eigenvalue weighted by Crippen LogP contribution is 2.31. The minimum absolute atomic E-state index is 0.0541. The zero-order chi connectivity index (χ0) is 18.0. The fourth-order valence-electron chi connectivity index (χ4n) is 2.88. The van der Waals surface area contributed by atoms with Crippen LogP contribution >= 0.6 is 23.2 Å². The second kappa shape index (κ2) is 7.46. The van der Waals surface area contributed by atoms with E-state index in [0.717, 1.165) is 12.1 Å². The Kier molecular flexibility index (Phi) is 5.30. The summed E-state index contributed by atoms with van der Waals surface area (Å²) < 4.78 is 0. The Hall–Kier alpha value is -2.04. The first-order valence-electron chi connectivity index (χ1n) is 8.13. The van der Waals surface area contributed by atoms with Crippen LogP contribution in [0, 0.1) is 5.92 Å². The Morgan fingerprint density at radius 1 is 1.20 bits per heavy atom. The summed E-state index contributed by atoms with van der Waals surface area (Å²) in [5.74, 6) is -0.708. The highest BCUT2D eigenvalue weighted by molar-refractivity contribution is 6.44. The van der Waals surface area contributed by atoms with Gasteiger partial charge in [0.15, 0.2) is 0 Å². The first-order valence-corrected chi connectivity index (χ1v) is 8.89. The number of anilines is 2. The molecule has 2 aromatic rings. The fraction of sp³-hybridized carbons (Fsp3) is 0.263. The van der Waals surface area contributed by atoms with Crippen molar-refractivity contribution in [2.24, 2.45) is 5.92 Å². The molecular formula is C19H18Cl2N2O2. The summed E-state index contributed by atoms with van der Waals surface area (Å²) in [6.07, 6.45) is 1.12. The van der Waals surface area contributed by atoms with Gasteiger partial charge in [-0.05, 0) is 36.2 Å². The highest BCUT2D eigenvalue weighted by atomic mass is 35.5. The van der Waals surface area contributed by atoms with E-state index in [0.29, 0.717) is 22.3 Å². The SMILES string of the molecule is CCc1ccc(N2C[C@H](C(=O)Nc3cccc(Cl)c3Cl)CC2=O)cc1. The van der Waals surface area contributed by atoms with Crippen LogP contribution in [0.15, 0.2) is 42.5 Å². The molecule has 1 aliphatic rings. The lowest BCUT2D eigenvalue weighted by Crippen LogP contribution is -2.28. The molecule has 2 amide bonds. The van der Waals surface area contributed by atoms with Crippen molar-refractivity contribution in [1.82, 2.24) is 0 Å². The van der Waals surface area contributed by atoms with Crippen molar-refractivity contribution in [3.05, 3.63) is 58.1 Å². The standard InChI is InChI=1S/C19H18Cl2N2O2/c1-2-12-6-8-14(9-7-12)23-11-13(10-17(23)24)19(25)22-16-5-3-4-15(20)18(16)21/h3-9,13H,2,10-11H2,1H3,(H,22,25)/t13-/m1/s1. The molecule has 1 saturated heterocycles. The maximum atomic E-state index is 12.5. The summed E-state index contributed by atoms with van der Waals surface area (Å²) in [6, 6.07) is 12.9. The van der Waals surface area contributed by atoms with Gasteiger partial charge in [0.2, 0.25) is 11.8 Å². The quantitative estimate of drug-likeness (QED) is 0.850. The molecule has 0 unspecified atom stereocenters. The molecule has 4 nitrogen and oxygen atoms in total. The van der Waals surface area contributed by atoms with Crippen LogP contribution < -0.4 is 10.2 Å². The van der Waals surface area contributed by atoms with Gasteiger partial charge in [-0.2, -0.15) is 0 Å². The van der Waals surface area contributed by atoms with E-state index in [1.165, 1.54) is 5.56 Å². The van der Waals surface area contributed by atoms with Gasteiger partial charge in [-0.15, -0.1) is 0 Å². The lowest BCUT2D eigenvalue weighted by molar-refractivity contribution is -0.122. The van der Waals surface area contributed by atoms with E-state index in [2.05, 4.69) is 12.2 Å². The normalized spacial score (nSPS) is 17.0. The maximum Gasteiger partial charge on any atom is 0.229 e. The number of rotatable bonds is 4. The van der Waals surface area contributed by atoms with E-state index in [-0.39, 0.29) is 18.2 Å². The largest absolute Gasteiger partial charge is 0.324 e. The van der Waals surface area contributed by atoms with Gasteiger partial charge in [-0.3, -0.25) is 9.59 Å². The lowest BCUT2D eigenvalue weighted by Gasteiger charge is -2.17. The first-order chi connectivity index (χ1) is 12.0. The van der Waals surface area contributed by atoms with Crippen LogP contribution in [0.2, 0.25) is 10.0 Å². The summed E-state index contributed by atoms with van der Waals surface area (Å²) in [5.41, 5.74) is 2.48. The van der Waals surface area contributed by atoms with Crippen molar-refractivity contribution in [2.45, 2.75) is 19.8 Å². The molecular weight excluding hydrogens is 359 g/mol. The number of amides is 2. The van der Waals surface area contributed by atoms with E-state index < -0.39 is 5.92 Å². The fourth-order valence-corrected chi connectivity index (χ4v) is 3.23. The Morgan fingerprint density at radius 2 is 1.92 bits per heavy atom. The number of nitrogens with zero attached hydrogens (tertiary/aromatic N) is 1. The average Bonchev–Trinajstić information content (AvgIpc) is 3.01. The number of hydrogen-bond acceptors (Lipinski definition) is 2. The predicted octanol–water partition coefficient (Wildman–Crippen LogP) is 4.55. The highest BCUT2D eigenvalue weighted by Gasteiger charge is 2.35. The molecule has 0 bridgehead atoms. The molecule has 0 aromatic heterocycles. The van der Waals surface area contributed by atoms with Crippen LogP contribution in [0.4, 0.5) is 11.4 Å². The molecule has 25 heavy (non-hydrogen) atoms. The molecule has 0 aliphatic carbocycles. The molecule has 0 saturated carbocycles. The van der Waals surface area contributed by atoms with Gasteiger partial charge >= 0.3 is 0 Å². The lowest BCUT2D eigenvalue weighted by atomic mass is 10.1. The first kappa shape index (κ1) is 17.8. The summed E-state index contributed by atoms with van der Waals surface area (Å²) >= 11 is 12.1.